The summed E-state index contributed by atoms with van der Waals surface area (Å²) < 4.78 is 0. The summed E-state index contributed by atoms with van der Waals surface area (Å²) in [6.07, 6.45) is 1.03. The van der Waals surface area contributed by atoms with Crippen molar-refractivity contribution in [2.75, 3.05) is 11.9 Å². The Morgan fingerprint density at radius 2 is 1.95 bits per heavy atom. The molecule has 0 saturated heterocycles. The van der Waals surface area contributed by atoms with E-state index >= 15 is 0 Å². The number of anilines is 1. The fourth-order valence-electron chi connectivity index (χ4n) is 2.03. The van der Waals surface area contributed by atoms with Crippen molar-refractivity contribution in [1.82, 2.24) is 9.97 Å². The second-order valence-electron chi connectivity index (χ2n) is 4.58. The number of benzene rings is 1. The Labute approximate surface area is 132 Å². The summed E-state index contributed by atoms with van der Waals surface area (Å²) in [5.74, 6) is 0.716. The highest BCUT2D eigenvalue weighted by Gasteiger charge is 2.12. The van der Waals surface area contributed by atoms with Crippen LogP contribution in [0.3, 0.4) is 0 Å². The number of thiophene rings is 1. The van der Waals surface area contributed by atoms with Crippen molar-refractivity contribution < 1.29 is 0 Å². The van der Waals surface area contributed by atoms with Crippen molar-refractivity contribution >= 4 is 39.3 Å². The van der Waals surface area contributed by atoms with Crippen LogP contribution < -0.4 is 5.32 Å². The van der Waals surface area contributed by atoms with Crippen molar-refractivity contribution in [3.05, 3.63) is 41.3 Å². The van der Waals surface area contributed by atoms with Gasteiger partial charge in [-0.05, 0) is 31.5 Å². The molecule has 0 spiro atoms. The molecule has 0 aliphatic heterocycles. The molecule has 0 radical (unpaired) electrons. The Kier molecular flexibility index (Phi) is 4.41. The predicted octanol–water partition coefficient (Wildman–Crippen LogP) is 4.84. The quantitative estimate of drug-likeness (QED) is 0.684. The first-order valence-electron chi connectivity index (χ1n) is 7.07. The minimum Gasteiger partial charge on any atom is -0.354 e. The van der Waals surface area contributed by atoms with Crippen LogP contribution in [-0.2, 0) is 6.42 Å². The van der Waals surface area contributed by atoms with Gasteiger partial charge in [0, 0.05) is 21.7 Å². The normalized spacial score (nSPS) is 11.0. The maximum Gasteiger partial charge on any atom is 0.225 e. The van der Waals surface area contributed by atoms with Gasteiger partial charge in [0.05, 0.1) is 0 Å². The number of fused-ring (bicyclic) bond motifs is 1. The molecule has 3 nitrogen and oxygen atoms in total. The van der Waals surface area contributed by atoms with E-state index in [1.54, 1.807) is 23.1 Å². The second-order valence-corrected chi connectivity index (χ2v) is 6.76. The highest BCUT2D eigenvalue weighted by atomic mass is 32.2. The molecule has 0 atom stereocenters. The lowest BCUT2D eigenvalue weighted by molar-refractivity contribution is 1.05. The highest BCUT2D eigenvalue weighted by Crippen LogP contribution is 2.36. The molecule has 108 valence electrons. The van der Waals surface area contributed by atoms with Gasteiger partial charge in [-0.2, -0.15) is 0 Å². The van der Waals surface area contributed by atoms with E-state index in [4.69, 9.17) is 0 Å². The van der Waals surface area contributed by atoms with Crippen LogP contribution in [0.1, 0.15) is 18.7 Å². The third-order valence-corrected chi connectivity index (χ3v) is 5.24. The number of nitrogens with one attached hydrogen (secondary N) is 1. The molecule has 5 heteroatoms. The molecule has 0 aliphatic rings. The van der Waals surface area contributed by atoms with Crippen LogP contribution in [0.15, 0.2) is 46.3 Å². The molecule has 0 amide bonds. The predicted molar refractivity (Wildman–Crippen MR) is 91.5 cm³/mol. The van der Waals surface area contributed by atoms with E-state index in [2.05, 4.69) is 59.5 Å². The molecule has 2 heterocycles. The first-order chi connectivity index (χ1) is 10.3. The van der Waals surface area contributed by atoms with Crippen molar-refractivity contribution in [2.45, 2.75) is 30.2 Å². The van der Waals surface area contributed by atoms with Crippen LogP contribution in [-0.4, -0.2) is 16.5 Å². The maximum absolute atomic E-state index is 4.68. The fraction of sp³-hybridized carbons (Fsp3) is 0.250. The Balaban J connectivity index is 2.07. The Bertz CT molecular complexity index is 738. The molecule has 2 aromatic heterocycles. The zero-order valence-corrected chi connectivity index (χ0v) is 13.7. The Hall–Kier alpha value is -1.59. The monoisotopic (exact) mass is 315 g/mol. The average molecular weight is 315 g/mol. The number of hydrogen-bond acceptors (Lipinski definition) is 5. The minimum atomic E-state index is 0.716. The van der Waals surface area contributed by atoms with E-state index in [9.17, 15) is 0 Å². The zero-order chi connectivity index (χ0) is 14.7. The summed E-state index contributed by atoms with van der Waals surface area (Å²) in [6.45, 7) is 5.06. The van der Waals surface area contributed by atoms with Crippen LogP contribution in [0.25, 0.3) is 10.2 Å². The molecule has 1 N–H and O–H groups in total. The lowest BCUT2D eigenvalue weighted by Gasteiger charge is -2.06. The number of aryl methyl sites for hydroxylation is 1. The van der Waals surface area contributed by atoms with Crippen LogP contribution in [0.2, 0.25) is 0 Å². The summed E-state index contributed by atoms with van der Waals surface area (Å²) in [7, 11) is 0. The van der Waals surface area contributed by atoms with Crippen LogP contribution in [0.5, 0.6) is 0 Å². The van der Waals surface area contributed by atoms with Gasteiger partial charge in [0.25, 0.3) is 0 Å². The average Bonchev–Trinajstić information content (AvgIpc) is 2.92. The molecule has 0 unspecified atom stereocenters. The topological polar surface area (TPSA) is 37.8 Å². The molecular formula is C16H17N3S2. The third kappa shape index (κ3) is 3.19. The van der Waals surface area contributed by atoms with E-state index in [1.165, 1.54) is 9.77 Å². The standard InChI is InChI=1S/C16H17N3S2/c1-3-11-10-13-14(20-11)18-16(17-4-2)19-15(13)21-12-8-6-5-7-9-12/h5-10H,3-4H2,1-2H3,(H,17,18,19). The molecule has 1 aromatic carbocycles. The summed E-state index contributed by atoms with van der Waals surface area (Å²) in [5.41, 5.74) is 0. The maximum atomic E-state index is 4.68. The number of aromatic nitrogens is 2. The highest BCUT2D eigenvalue weighted by molar-refractivity contribution is 7.99. The lowest BCUT2D eigenvalue weighted by Crippen LogP contribution is -2.02. The van der Waals surface area contributed by atoms with Gasteiger partial charge in [-0.1, -0.05) is 36.9 Å². The Morgan fingerprint density at radius 1 is 1.14 bits per heavy atom. The van der Waals surface area contributed by atoms with Gasteiger partial charge in [0.15, 0.2) is 0 Å². The summed E-state index contributed by atoms with van der Waals surface area (Å²) in [5, 5.41) is 5.41. The Morgan fingerprint density at radius 3 is 2.67 bits per heavy atom. The zero-order valence-electron chi connectivity index (χ0n) is 12.1. The smallest absolute Gasteiger partial charge is 0.225 e. The van der Waals surface area contributed by atoms with Crippen LogP contribution in [0.4, 0.5) is 5.95 Å². The van der Waals surface area contributed by atoms with Gasteiger partial charge in [-0.3, -0.25) is 0 Å². The summed E-state index contributed by atoms with van der Waals surface area (Å²) in [4.78, 5) is 12.9. The van der Waals surface area contributed by atoms with Gasteiger partial charge in [0.1, 0.15) is 9.86 Å². The van der Waals surface area contributed by atoms with Crippen molar-refractivity contribution in [3.8, 4) is 0 Å². The van der Waals surface area contributed by atoms with E-state index in [-0.39, 0.29) is 0 Å². The van der Waals surface area contributed by atoms with Crippen molar-refractivity contribution in [2.24, 2.45) is 0 Å². The molecule has 0 fully saturated rings. The van der Waals surface area contributed by atoms with E-state index in [0.717, 1.165) is 28.2 Å². The molecule has 3 aromatic rings. The van der Waals surface area contributed by atoms with Crippen LogP contribution >= 0.6 is 23.1 Å². The van der Waals surface area contributed by atoms with Crippen molar-refractivity contribution in [3.63, 3.8) is 0 Å². The van der Waals surface area contributed by atoms with Gasteiger partial charge < -0.3 is 5.32 Å². The number of hydrogen-bond donors (Lipinski definition) is 1. The van der Waals surface area contributed by atoms with Gasteiger partial charge in [-0.25, -0.2) is 9.97 Å². The van der Waals surface area contributed by atoms with Gasteiger partial charge >= 0.3 is 0 Å². The largest absolute Gasteiger partial charge is 0.354 e. The second kappa shape index (κ2) is 6.45. The lowest BCUT2D eigenvalue weighted by atomic mass is 10.3. The molecule has 0 saturated carbocycles. The molecule has 0 aliphatic carbocycles. The van der Waals surface area contributed by atoms with Gasteiger partial charge in [0.2, 0.25) is 5.95 Å². The summed E-state index contributed by atoms with van der Waals surface area (Å²) in [6, 6.07) is 12.6. The fourth-order valence-corrected chi connectivity index (χ4v) is 3.98. The molecular weight excluding hydrogens is 298 g/mol. The molecule has 21 heavy (non-hydrogen) atoms. The number of nitrogens with zero attached hydrogens (tertiary/aromatic N) is 2. The van der Waals surface area contributed by atoms with E-state index in [0.29, 0.717) is 5.95 Å². The van der Waals surface area contributed by atoms with E-state index < -0.39 is 0 Å². The SMILES string of the molecule is CCNc1nc(Sc2ccccc2)c2cc(CC)sc2n1. The first kappa shape index (κ1) is 14.4. The molecule has 0 bridgehead atoms. The van der Waals surface area contributed by atoms with Crippen LogP contribution in [0, 0.1) is 0 Å². The number of rotatable bonds is 5. The third-order valence-electron chi connectivity index (χ3n) is 3.05. The minimum absolute atomic E-state index is 0.716. The van der Waals surface area contributed by atoms with E-state index in [1.807, 2.05) is 6.07 Å². The molecule has 3 rings (SSSR count). The van der Waals surface area contributed by atoms with Gasteiger partial charge in [-0.15, -0.1) is 11.3 Å². The summed E-state index contributed by atoms with van der Waals surface area (Å²) >= 11 is 3.45. The first-order valence-corrected chi connectivity index (χ1v) is 8.70. The van der Waals surface area contributed by atoms with Crippen molar-refractivity contribution in [1.29, 1.82) is 0 Å².